The van der Waals surface area contributed by atoms with Gasteiger partial charge in [0.15, 0.2) is 0 Å². The van der Waals surface area contributed by atoms with E-state index in [2.05, 4.69) is 35.1 Å². The first-order valence-electron chi connectivity index (χ1n) is 5.92. The maximum absolute atomic E-state index is 6.08. The number of terminal acetylenes is 1. The van der Waals surface area contributed by atoms with Crippen LogP contribution in [0.3, 0.4) is 0 Å². The number of rotatable bonds is 6. The van der Waals surface area contributed by atoms with Crippen LogP contribution in [0, 0.1) is 12.3 Å². The third kappa shape index (κ3) is 3.90. The molecule has 1 N–H and O–H groups in total. The molecule has 0 aliphatic rings. The number of nitrogens with zero attached hydrogens (tertiary/aromatic N) is 2. The highest BCUT2D eigenvalue weighted by Crippen LogP contribution is 2.22. The smallest absolute Gasteiger partial charge is 0.137 e. The summed E-state index contributed by atoms with van der Waals surface area (Å²) in [5, 5.41) is 3.87. The number of anilines is 1. The van der Waals surface area contributed by atoms with Gasteiger partial charge in [-0.2, -0.15) is 0 Å². The summed E-state index contributed by atoms with van der Waals surface area (Å²) in [6.45, 7) is 4.20. The summed E-state index contributed by atoms with van der Waals surface area (Å²) >= 11 is 6.08. The van der Waals surface area contributed by atoms with Crippen molar-refractivity contribution in [2.24, 2.45) is 0 Å². The maximum Gasteiger partial charge on any atom is 0.137 e. The van der Waals surface area contributed by atoms with E-state index in [1.165, 1.54) is 6.33 Å². The molecule has 0 saturated heterocycles. The van der Waals surface area contributed by atoms with Crippen LogP contribution in [0.4, 0.5) is 5.82 Å². The second-order valence-corrected chi connectivity index (χ2v) is 4.26. The Morgan fingerprint density at radius 2 is 2.24 bits per heavy atom. The number of hydrogen-bond donors (Lipinski definition) is 1. The van der Waals surface area contributed by atoms with Gasteiger partial charge in [0.05, 0.1) is 0 Å². The fourth-order valence-electron chi connectivity index (χ4n) is 1.62. The summed E-state index contributed by atoms with van der Waals surface area (Å²) in [5.74, 6) is 3.48. The standard InChI is InChI=1S/C13H18ClN3/c1-4-7-10(6-3)17-13-11(8-5-2)12(14)15-9-16-13/h1,9-10H,5-8H2,2-3H3,(H,15,16,17). The Labute approximate surface area is 108 Å². The van der Waals surface area contributed by atoms with Crippen LogP contribution in [0.15, 0.2) is 6.33 Å². The van der Waals surface area contributed by atoms with Gasteiger partial charge in [-0.25, -0.2) is 9.97 Å². The highest BCUT2D eigenvalue weighted by atomic mass is 35.5. The van der Waals surface area contributed by atoms with Gasteiger partial charge in [-0.3, -0.25) is 0 Å². The molecule has 1 unspecified atom stereocenters. The predicted molar refractivity (Wildman–Crippen MR) is 72.2 cm³/mol. The molecule has 0 aliphatic carbocycles. The average molecular weight is 252 g/mol. The Bertz CT molecular complexity index is 398. The molecule has 0 spiro atoms. The monoisotopic (exact) mass is 251 g/mol. The molecule has 1 aromatic heterocycles. The summed E-state index contributed by atoms with van der Waals surface area (Å²) in [4.78, 5) is 8.26. The fourth-order valence-corrected chi connectivity index (χ4v) is 1.85. The molecule has 0 amide bonds. The molecule has 0 aromatic carbocycles. The van der Waals surface area contributed by atoms with E-state index < -0.39 is 0 Å². The second-order valence-electron chi connectivity index (χ2n) is 3.90. The second kappa shape index (κ2) is 7.13. The minimum absolute atomic E-state index is 0.238. The molecule has 17 heavy (non-hydrogen) atoms. The lowest BCUT2D eigenvalue weighted by Gasteiger charge is -2.17. The molecule has 0 aliphatic heterocycles. The van der Waals surface area contributed by atoms with E-state index in [0.717, 1.165) is 30.6 Å². The van der Waals surface area contributed by atoms with Gasteiger partial charge in [-0.05, 0) is 12.8 Å². The molecular weight excluding hydrogens is 234 g/mol. The van der Waals surface area contributed by atoms with Crippen LogP contribution in [0.2, 0.25) is 5.15 Å². The third-order valence-corrected chi connectivity index (χ3v) is 2.92. The molecule has 0 saturated carbocycles. The summed E-state index contributed by atoms with van der Waals surface area (Å²) in [6, 6.07) is 0.238. The van der Waals surface area contributed by atoms with Crippen molar-refractivity contribution in [3.8, 4) is 12.3 Å². The molecule has 4 heteroatoms. The largest absolute Gasteiger partial charge is 0.366 e. The highest BCUT2D eigenvalue weighted by molar-refractivity contribution is 6.30. The van der Waals surface area contributed by atoms with Gasteiger partial charge in [0, 0.05) is 18.0 Å². The molecule has 0 fully saturated rings. The van der Waals surface area contributed by atoms with E-state index in [4.69, 9.17) is 18.0 Å². The molecule has 0 bridgehead atoms. The van der Waals surface area contributed by atoms with Gasteiger partial charge < -0.3 is 5.32 Å². The molecule has 1 atom stereocenters. The van der Waals surface area contributed by atoms with Gasteiger partial charge in [0.25, 0.3) is 0 Å². The quantitative estimate of drug-likeness (QED) is 0.623. The van der Waals surface area contributed by atoms with Crippen LogP contribution in [-0.4, -0.2) is 16.0 Å². The van der Waals surface area contributed by atoms with Crippen LogP contribution in [-0.2, 0) is 6.42 Å². The van der Waals surface area contributed by atoms with Crippen molar-refractivity contribution >= 4 is 17.4 Å². The Balaban J connectivity index is 2.89. The molecule has 1 rings (SSSR count). The van der Waals surface area contributed by atoms with Crippen molar-refractivity contribution < 1.29 is 0 Å². The van der Waals surface area contributed by atoms with Crippen molar-refractivity contribution in [2.75, 3.05) is 5.32 Å². The SMILES string of the molecule is C#CCC(CC)Nc1ncnc(Cl)c1CCC. The van der Waals surface area contributed by atoms with Gasteiger partial charge in [-0.15, -0.1) is 12.3 Å². The van der Waals surface area contributed by atoms with Crippen molar-refractivity contribution in [1.29, 1.82) is 0 Å². The van der Waals surface area contributed by atoms with Gasteiger partial charge >= 0.3 is 0 Å². The van der Waals surface area contributed by atoms with Crippen LogP contribution >= 0.6 is 11.6 Å². The van der Waals surface area contributed by atoms with Crippen molar-refractivity contribution in [3.63, 3.8) is 0 Å². The normalized spacial score (nSPS) is 11.9. The first-order chi connectivity index (χ1) is 8.22. The number of aromatic nitrogens is 2. The van der Waals surface area contributed by atoms with Gasteiger partial charge in [0.2, 0.25) is 0 Å². The maximum atomic E-state index is 6.08. The predicted octanol–water partition coefficient (Wildman–Crippen LogP) is 3.30. The fraction of sp³-hybridized carbons (Fsp3) is 0.538. The minimum Gasteiger partial charge on any atom is -0.366 e. The lowest BCUT2D eigenvalue weighted by molar-refractivity contribution is 0.707. The Hall–Kier alpha value is -1.27. The molecule has 92 valence electrons. The molecule has 0 radical (unpaired) electrons. The number of halogens is 1. The topological polar surface area (TPSA) is 37.8 Å². The first-order valence-corrected chi connectivity index (χ1v) is 6.30. The van der Waals surface area contributed by atoms with Crippen molar-refractivity contribution in [1.82, 2.24) is 9.97 Å². The number of nitrogens with one attached hydrogen (secondary N) is 1. The van der Waals surface area contributed by atoms with E-state index in [0.29, 0.717) is 11.6 Å². The van der Waals surface area contributed by atoms with E-state index in [9.17, 15) is 0 Å². The Kier molecular flexibility index (Phi) is 5.79. The zero-order valence-corrected chi connectivity index (χ0v) is 11.1. The third-order valence-electron chi connectivity index (χ3n) is 2.59. The average Bonchev–Trinajstić information content (AvgIpc) is 2.33. The Morgan fingerprint density at radius 3 is 2.82 bits per heavy atom. The van der Waals surface area contributed by atoms with Gasteiger partial charge in [-0.1, -0.05) is 31.9 Å². The molecule has 1 heterocycles. The van der Waals surface area contributed by atoms with Crippen LogP contribution in [0.1, 0.15) is 38.7 Å². The van der Waals surface area contributed by atoms with Gasteiger partial charge in [0.1, 0.15) is 17.3 Å². The Morgan fingerprint density at radius 1 is 1.47 bits per heavy atom. The van der Waals surface area contributed by atoms with Crippen LogP contribution in [0.5, 0.6) is 0 Å². The zero-order valence-electron chi connectivity index (χ0n) is 10.3. The van der Waals surface area contributed by atoms with E-state index in [1.807, 2.05) is 0 Å². The van der Waals surface area contributed by atoms with E-state index >= 15 is 0 Å². The lowest BCUT2D eigenvalue weighted by Crippen LogP contribution is -2.20. The lowest BCUT2D eigenvalue weighted by atomic mass is 10.1. The highest BCUT2D eigenvalue weighted by Gasteiger charge is 2.12. The minimum atomic E-state index is 0.238. The molecule has 3 nitrogen and oxygen atoms in total. The number of hydrogen-bond acceptors (Lipinski definition) is 3. The van der Waals surface area contributed by atoms with Crippen LogP contribution in [0.25, 0.3) is 0 Å². The zero-order chi connectivity index (χ0) is 12.7. The first kappa shape index (κ1) is 13.8. The van der Waals surface area contributed by atoms with Crippen molar-refractivity contribution in [3.05, 3.63) is 17.0 Å². The van der Waals surface area contributed by atoms with Crippen LogP contribution < -0.4 is 5.32 Å². The van der Waals surface area contributed by atoms with Crippen molar-refractivity contribution in [2.45, 2.75) is 45.6 Å². The molecular formula is C13H18ClN3. The summed E-state index contributed by atoms with van der Waals surface area (Å²) in [7, 11) is 0. The summed E-state index contributed by atoms with van der Waals surface area (Å²) < 4.78 is 0. The summed E-state index contributed by atoms with van der Waals surface area (Å²) in [6.07, 6.45) is 10.3. The summed E-state index contributed by atoms with van der Waals surface area (Å²) in [5.41, 5.74) is 0.979. The van der Waals surface area contributed by atoms with E-state index in [1.54, 1.807) is 0 Å². The molecule has 1 aromatic rings. The van der Waals surface area contributed by atoms with E-state index in [-0.39, 0.29) is 6.04 Å².